The number of hydrogen-bond acceptors (Lipinski definition) is 5. The van der Waals surface area contributed by atoms with Crippen molar-refractivity contribution in [2.75, 3.05) is 53.5 Å². The highest BCUT2D eigenvalue weighted by Crippen LogP contribution is 2.38. The van der Waals surface area contributed by atoms with E-state index in [1.807, 2.05) is 0 Å². The minimum atomic E-state index is -0.282. The average molecular weight is 283 g/mol. The van der Waals surface area contributed by atoms with E-state index >= 15 is 0 Å². The van der Waals surface area contributed by atoms with Crippen LogP contribution in [0.3, 0.4) is 0 Å². The van der Waals surface area contributed by atoms with E-state index in [0.717, 1.165) is 39.0 Å². The van der Waals surface area contributed by atoms with Crippen molar-refractivity contribution < 1.29 is 9.47 Å². The second kappa shape index (κ2) is 6.28. The summed E-state index contributed by atoms with van der Waals surface area (Å²) >= 11 is 0. The first-order chi connectivity index (χ1) is 9.72. The summed E-state index contributed by atoms with van der Waals surface area (Å²) < 4.78 is 11.9. The first-order valence-corrected chi connectivity index (χ1v) is 8.10. The summed E-state index contributed by atoms with van der Waals surface area (Å²) in [5.41, 5.74) is 0. The summed E-state index contributed by atoms with van der Waals surface area (Å²) in [6.45, 7) is 6.27. The Kier molecular flexibility index (Phi) is 4.62. The van der Waals surface area contributed by atoms with Gasteiger partial charge in [-0.3, -0.25) is 4.90 Å². The molecule has 1 saturated carbocycles. The van der Waals surface area contributed by atoms with Gasteiger partial charge in [0.15, 0.2) is 5.79 Å². The second-order valence-electron chi connectivity index (χ2n) is 6.51. The smallest absolute Gasteiger partial charge is 0.170 e. The normalized spacial score (nSPS) is 36.3. The van der Waals surface area contributed by atoms with E-state index in [9.17, 15) is 0 Å². The van der Waals surface area contributed by atoms with Crippen LogP contribution in [0.1, 0.15) is 25.7 Å². The standard InChI is InChI=1S/C15H29N3O2/c1-16-13-4-5-15(19-10-11-20-15)12-14(13)18-7-3-6-17(2)8-9-18/h13-14,16H,3-12H2,1-2H3. The van der Waals surface area contributed by atoms with Crippen molar-refractivity contribution in [2.24, 2.45) is 0 Å². The number of nitrogens with zero attached hydrogens (tertiary/aromatic N) is 2. The number of nitrogens with one attached hydrogen (secondary N) is 1. The van der Waals surface area contributed by atoms with Crippen LogP contribution in [0.5, 0.6) is 0 Å². The first kappa shape index (κ1) is 14.7. The van der Waals surface area contributed by atoms with E-state index in [2.05, 4.69) is 29.2 Å². The Labute approximate surface area is 122 Å². The van der Waals surface area contributed by atoms with Gasteiger partial charge in [-0.15, -0.1) is 0 Å². The minimum absolute atomic E-state index is 0.282. The Hall–Kier alpha value is -0.200. The lowest BCUT2D eigenvalue weighted by molar-refractivity contribution is -0.193. The highest BCUT2D eigenvalue weighted by atomic mass is 16.7. The van der Waals surface area contributed by atoms with Gasteiger partial charge in [-0.25, -0.2) is 0 Å². The van der Waals surface area contributed by atoms with E-state index < -0.39 is 0 Å². The van der Waals surface area contributed by atoms with Gasteiger partial charge in [0.25, 0.3) is 0 Å². The Morgan fingerprint density at radius 1 is 1.10 bits per heavy atom. The molecule has 0 bridgehead atoms. The molecule has 0 aromatic heterocycles. The monoisotopic (exact) mass is 283 g/mol. The molecule has 2 atom stereocenters. The molecule has 3 fully saturated rings. The number of likely N-dealkylation sites (N-methyl/N-ethyl adjacent to an activating group) is 2. The fourth-order valence-electron chi connectivity index (χ4n) is 4.01. The Bertz CT molecular complexity index is 320. The molecule has 3 rings (SSSR count). The zero-order valence-electron chi connectivity index (χ0n) is 12.9. The molecule has 0 aromatic rings. The van der Waals surface area contributed by atoms with E-state index in [1.165, 1.54) is 26.1 Å². The van der Waals surface area contributed by atoms with Crippen molar-refractivity contribution in [1.82, 2.24) is 15.1 Å². The van der Waals surface area contributed by atoms with Gasteiger partial charge in [-0.1, -0.05) is 0 Å². The van der Waals surface area contributed by atoms with Gasteiger partial charge in [0.1, 0.15) is 0 Å². The van der Waals surface area contributed by atoms with Crippen LogP contribution in [-0.4, -0.2) is 81.2 Å². The number of ether oxygens (including phenoxy) is 2. The lowest BCUT2D eigenvalue weighted by Gasteiger charge is -2.45. The summed E-state index contributed by atoms with van der Waals surface area (Å²) in [6.07, 6.45) is 4.45. The van der Waals surface area contributed by atoms with Crippen LogP contribution < -0.4 is 5.32 Å². The third kappa shape index (κ3) is 3.02. The fourth-order valence-corrected chi connectivity index (χ4v) is 4.01. The van der Waals surface area contributed by atoms with E-state index in [1.54, 1.807) is 0 Å². The molecule has 3 aliphatic rings. The first-order valence-electron chi connectivity index (χ1n) is 8.10. The van der Waals surface area contributed by atoms with E-state index in [4.69, 9.17) is 9.47 Å². The number of rotatable bonds is 2. The van der Waals surface area contributed by atoms with Gasteiger partial charge < -0.3 is 19.7 Å². The van der Waals surface area contributed by atoms with Crippen LogP contribution in [0, 0.1) is 0 Å². The van der Waals surface area contributed by atoms with Crippen LogP contribution in [0.4, 0.5) is 0 Å². The highest BCUT2D eigenvalue weighted by molar-refractivity contribution is 4.96. The average Bonchev–Trinajstić information content (AvgIpc) is 2.79. The topological polar surface area (TPSA) is 37.0 Å². The molecule has 116 valence electrons. The summed E-state index contributed by atoms with van der Waals surface area (Å²) in [7, 11) is 4.32. The van der Waals surface area contributed by atoms with E-state index in [-0.39, 0.29) is 5.79 Å². The molecular formula is C15H29N3O2. The van der Waals surface area contributed by atoms with Crippen LogP contribution in [0.2, 0.25) is 0 Å². The molecule has 2 saturated heterocycles. The molecule has 1 N–H and O–H groups in total. The van der Waals surface area contributed by atoms with Gasteiger partial charge in [0, 0.05) is 38.0 Å². The molecule has 0 aromatic carbocycles. The third-order valence-corrected chi connectivity index (χ3v) is 5.23. The van der Waals surface area contributed by atoms with Crippen molar-refractivity contribution in [3.63, 3.8) is 0 Å². The molecule has 2 unspecified atom stereocenters. The summed E-state index contributed by atoms with van der Waals surface area (Å²) in [6, 6.07) is 1.11. The van der Waals surface area contributed by atoms with E-state index in [0.29, 0.717) is 12.1 Å². The molecule has 5 nitrogen and oxygen atoms in total. The maximum Gasteiger partial charge on any atom is 0.170 e. The van der Waals surface area contributed by atoms with Crippen LogP contribution >= 0.6 is 0 Å². The van der Waals surface area contributed by atoms with Crippen LogP contribution in [0.25, 0.3) is 0 Å². The summed E-state index contributed by atoms with van der Waals surface area (Å²) in [5.74, 6) is -0.282. The molecule has 1 spiro atoms. The highest BCUT2D eigenvalue weighted by Gasteiger charge is 2.46. The van der Waals surface area contributed by atoms with Gasteiger partial charge in [-0.05, 0) is 40.0 Å². The third-order valence-electron chi connectivity index (χ3n) is 5.23. The molecule has 5 heteroatoms. The molecular weight excluding hydrogens is 254 g/mol. The maximum absolute atomic E-state index is 5.96. The second-order valence-corrected chi connectivity index (χ2v) is 6.51. The Morgan fingerprint density at radius 2 is 1.90 bits per heavy atom. The molecule has 2 aliphatic heterocycles. The molecule has 0 radical (unpaired) electrons. The van der Waals surface area contributed by atoms with Gasteiger partial charge in [0.2, 0.25) is 0 Å². The lowest BCUT2D eigenvalue weighted by atomic mass is 9.84. The maximum atomic E-state index is 5.96. The quantitative estimate of drug-likeness (QED) is 0.799. The molecule has 0 amide bonds. The van der Waals surface area contributed by atoms with Crippen molar-refractivity contribution in [3.8, 4) is 0 Å². The molecule has 1 aliphatic carbocycles. The Morgan fingerprint density at radius 3 is 2.65 bits per heavy atom. The van der Waals surface area contributed by atoms with Crippen molar-refractivity contribution >= 4 is 0 Å². The lowest BCUT2D eigenvalue weighted by Crippen LogP contribution is -2.57. The van der Waals surface area contributed by atoms with Crippen molar-refractivity contribution in [1.29, 1.82) is 0 Å². The van der Waals surface area contributed by atoms with Crippen molar-refractivity contribution in [3.05, 3.63) is 0 Å². The Balaban J connectivity index is 1.69. The minimum Gasteiger partial charge on any atom is -0.347 e. The largest absolute Gasteiger partial charge is 0.347 e. The predicted molar refractivity (Wildman–Crippen MR) is 78.8 cm³/mol. The zero-order valence-corrected chi connectivity index (χ0v) is 12.9. The van der Waals surface area contributed by atoms with Gasteiger partial charge in [-0.2, -0.15) is 0 Å². The van der Waals surface area contributed by atoms with Crippen molar-refractivity contribution in [2.45, 2.75) is 43.6 Å². The van der Waals surface area contributed by atoms with Gasteiger partial charge >= 0.3 is 0 Å². The molecule has 2 heterocycles. The zero-order chi connectivity index (χ0) is 14.0. The fraction of sp³-hybridized carbons (Fsp3) is 1.00. The van der Waals surface area contributed by atoms with Gasteiger partial charge in [0.05, 0.1) is 13.2 Å². The number of hydrogen-bond donors (Lipinski definition) is 1. The van der Waals surface area contributed by atoms with Crippen LogP contribution in [-0.2, 0) is 9.47 Å². The predicted octanol–water partition coefficient (Wildman–Crippen LogP) is 0.508. The van der Waals surface area contributed by atoms with Crippen LogP contribution in [0.15, 0.2) is 0 Å². The molecule has 20 heavy (non-hydrogen) atoms. The summed E-state index contributed by atoms with van der Waals surface area (Å²) in [5, 5.41) is 3.52. The summed E-state index contributed by atoms with van der Waals surface area (Å²) in [4.78, 5) is 5.10. The SMILES string of the molecule is CNC1CCC2(CC1N1CCCN(C)CC1)OCCO2.